The highest BCUT2D eigenvalue weighted by molar-refractivity contribution is 5.76. The Labute approximate surface area is 157 Å². The number of rotatable bonds is 8. The maximum atomic E-state index is 12.4. The van der Waals surface area contributed by atoms with Crippen LogP contribution >= 0.6 is 0 Å². The molecule has 0 saturated carbocycles. The molecule has 0 radical (unpaired) electrons. The fourth-order valence-electron chi connectivity index (χ4n) is 3.99. The van der Waals surface area contributed by atoms with Gasteiger partial charge in [-0.25, -0.2) is 0 Å². The third kappa shape index (κ3) is 5.13. The third-order valence-corrected chi connectivity index (χ3v) is 5.42. The zero-order chi connectivity index (χ0) is 18.2. The number of para-hydroxylation sites is 2. The zero-order valence-electron chi connectivity index (χ0n) is 16.0. The Balaban J connectivity index is 1.34. The van der Waals surface area contributed by atoms with Crippen molar-refractivity contribution in [1.82, 2.24) is 9.80 Å². The van der Waals surface area contributed by atoms with E-state index in [0.29, 0.717) is 25.7 Å². The van der Waals surface area contributed by atoms with E-state index in [-0.39, 0.29) is 5.91 Å². The lowest BCUT2D eigenvalue weighted by Gasteiger charge is -2.36. The number of amides is 1. The van der Waals surface area contributed by atoms with Crippen LogP contribution in [-0.2, 0) is 4.79 Å². The van der Waals surface area contributed by atoms with E-state index >= 15 is 0 Å². The number of ether oxygens (including phenoxy) is 2. The molecule has 26 heavy (non-hydrogen) atoms. The molecular formula is C21H32N2O3. The van der Waals surface area contributed by atoms with E-state index in [0.717, 1.165) is 43.9 Å². The molecule has 0 aromatic heterocycles. The highest BCUT2D eigenvalue weighted by Crippen LogP contribution is 2.26. The molecule has 1 aromatic carbocycles. The summed E-state index contributed by atoms with van der Waals surface area (Å²) >= 11 is 0. The number of benzene rings is 1. The first kappa shape index (κ1) is 19.0. The van der Waals surface area contributed by atoms with Gasteiger partial charge in [0.25, 0.3) is 0 Å². The van der Waals surface area contributed by atoms with Crippen molar-refractivity contribution in [3.63, 3.8) is 0 Å². The van der Waals surface area contributed by atoms with Crippen LogP contribution in [0.5, 0.6) is 11.5 Å². The van der Waals surface area contributed by atoms with E-state index in [1.165, 1.54) is 25.9 Å². The van der Waals surface area contributed by atoms with Gasteiger partial charge in [0.05, 0.1) is 13.2 Å². The van der Waals surface area contributed by atoms with Crippen LogP contribution < -0.4 is 9.47 Å². The average molecular weight is 360 g/mol. The Morgan fingerprint density at radius 3 is 2.35 bits per heavy atom. The van der Waals surface area contributed by atoms with Crippen molar-refractivity contribution in [3.05, 3.63) is 24.3 Å². The lowest BCUT2D eigenvalue weighted by atomic mass is 10.0. The summed E-state index contributed by atoms with van der Waals surface area (Å²) in [4.78, 5) is 17.1. The van der Waals surface area contributed by atoms with Crippen LogP contribution in [-0.4, -0.2) is 61.1 Å². The summed E-state index contributed by atoms with van der Waals surface area (Å²) in [6.07, 6.45) is 6.24. The summed E-state index contributed by atoms with van der Waals surface area (Å²) < 4.78 is 11.4. The molecule has 144 valence electrons. The second-order valence-electron chi connectivity index (χ2n) is 7.19. The van der Waals surface area contributed by atoms with Gasteiger partial charge in [-0.3, -0.25) is 4.79 Å². The first-order chi connectivity index (χ1) is 12.8. The van der Waals surface area contributed by atoms with Crippen molar-refractivity contribution in [1.29, 1.82) is 0 Å². The van der Waals surface area contributed by atoms with Crippen LogP contribution in [0.1, 0.15) is 45.4 Å². The van der Waals surface area contributed by atoms with Gasteiger partial charge in [-0.15, -0.1) is 0 Å². The third-order valence-electron chi connectivity index (χ3n) is 5.42. The van der Waals surface area contributed by atoms with E-state index in [4.69, 9.17) is 9.47 Å². The molecular weight excluding hydrogens is 328 g/mol. The highest BCUT2D eigenvalue weighted by Gasteiger charge is 2.27. The fraction of sp³-hybridized carbons (Fsp3) is 0.667. The molecule has 0 atom stereocenters. The van der Waals surface area contributed by atoms with Gasteiger partial charge >= 0.3 is 0 Å². The topological polar surface area (TPSA) is 42.0 Å². The summed E-state index contributed by atoms with van der Waals surface area (Å²) in [6.45, 7) is 7.44. The summed E-state index contributed by atoms with van der Waals surface area (Å²) in [5, 5.41) is 0. The van der Waals surface area contributed by atoms with Gasteiger partial charge in [0.1, 0.15) is 0 Å². The number of nitrogens with zero attached hydrogens (tertiary/aromatic N) is 2. The largest absolute Gasteiger partial charge is 0.490 e. The molecule has 2 heterocycles. The van der Waals surface area contributed by atoms with Crippen molar-refractivity contribution in [2.45, 2.75) is 51.5 Å². The van der Waals surface area contributed by atoms with Gasteiger partial charge in [0.15, 0.2) is 11.5 Å². The minimum absolute atomic E-state index is 0.270. The predicted molar refractivity (Wildman–Crippen MR) is 103 cm³/mol. The van der Waals surface area contributed by atoms with Crippen molar-refractivity contribution >= 4 is 5.91 Å². The SMILES string of the molecule is CCOc1ccccc1OCCCC(=O)N1CCC(N2CCCC2)CC1. The first-order valence-corrected chi connectivity index (χ1v) is 10.1. The Hall–Kier alpha value is -1.75. The van der Waals surface area contributed by atoms with E-state index < -0.39 is 0 Å². The minimum atomic E-state index is 0.270. The van der Waals surface area contributed by atoms with E-state index in [1.807, 2.05) is 36.1 Å². The maximum Gasteiger partial charge on any atom is 0.222 e. The van der Waals surface area contributed by atoms with E-state index in [1.54, 1.807) is 0 Å². The van der Waals surface area contributed by atoms with Gasteiger partial charge in [-0.05, 0) is 64.3 Å². The van der Waals surface area contributed by atoms with Crippen molar-refractivity contribution in [3.8, 4) is 11.5 Å². The number of hydrogen-bond acceptors (Lipinski definition) is 4. The second-order valence-corrected chi connectivity index (χ2v) is 7.19. The number of carbonyl (C=O) groups excluding carboxylic acids is 1. The number of hydrogen-bond donors (Lipinski definition) is 0. The summed E-state index contributed by atoms with van der Waals surface area (Å²) in [5.74, 6) is 1.80. The predicted octanol–water partition coefficient (Wildman–Crippen LogP) is 3.33. The molecule has 5 nitrogen and oxygen atoms in total. The van der Waals surface area contributed by atoms with Gasteiger partial charge in [-0.2, -0.15) is 0 Å². The average Bonchev–Trinajstić information content (AvgIpc) is 3.21. The van der Waals surface area contributed by atoms with Crippen LogP contribution in [0, 0.1) is 0 Å². The maximum absolute atomic E-state index is 12.4. The number of piperidine rings is 1. The van der Waals surface area contributed by atoms with Crippen LogP contribution in [0.25, 0.3) is 0 Å². The quantitative estimate of drug-likeness (QED) is 0.667. The summed E-state index contributed by atoms with van der Waals surface area (Å²) in [7, 11) is 0. The lowest BCUT2D eigenvalue weighted by molar-refractivity contribution is -0.133. The first-order valence-electron chi connectivity index (χ1n) is 10.1. The van der Waals surface area contributed by atoms with E-state index in [2.05, 4.69) is 4.90 Å². The van der Waals surface area contributed by atoms with Crippen molar-refractivity contribution in [2.75, 3.05) is 39.4 Å². The Morgan fingerprint density at radius 1 is 1.04 bits per heavy atom. The van der Waals surface area contributed by atoms with Gasteiger partial charge in [-0.1, -0.05) is 12.1 Å². The molecule has 2 aliphatic rings. The smallest absolute Gasteiger partial charge is 0.222 e. The standard InChI is InChI=1S/C21H32N2O3/c1-2-25-19-8-3-4-9-20(19)26-17-7-10-21(24)23-15-11-18(12-16-23)22-13-5-6-14-22/h3-4,8-9,18H,2,5-7,10-17H2,1H3. The number of carbonyl (C=O) groups is 1. The lowest BCUT2D eigenvalue weighted by Crippen LogP contribution is -2.45. The fourth-order valence-corrected chi connectivity index (χ4v) is 3.99. The molecule has 0 aliphatic carbocycles. The number of likely N-dealkylation sites (tertiary alicyclic amines) is 2. The molecule has 2 aliphatic heterocycles. The van der Waals surface area contributed by atoms with Gasteiger partial charge in [0.2, 0.25) is 5.91 Å². The Morgan fingerprint density at radius 2 is 1.69 bits per heavy atom. The highest BCUT2D eigenvalue weighted by atomic mass is 16.5. The molecule has 2 fully saturated rings. The van der Waals surface area contributed by atoms with Gasteiger partial charge < -0.3 is 19.3 Å². The monoisotopic (exact) mass is 360 g/mol. The molecule has 5 heteroatoms. The normalized spacial score (nSPS) is 18.9. The Kier molecular flexibility index (Phi) is 7.18. The van der Waals surface area contributed by atoms with Crippen LogP contribution in [0.3, 0.4) is 0 Å². The van der Waals surface area contributed by atoms with E-state index in [9.17, 15) is 4.79 Å². The molecule has 0 unspecified atom stereocenters. The molecule has 0 bridgehead atoms. The molecule has 3 rings (SSSR count). The molecule has 0 N–H and O–H groups in total. The zero-order valence-corrected chi connectivity index (χ0v) is 16.0. The van der Waals surface area contributed by atoms with Crippen molar-refractivity contribution < 1.29 is 14.3 Å². The molecule has 1 amide bonds. The van der Waals surface area contributed by atoms with Crippen LogP contribution in [0.4, 0.5) is 0 Å². The summed E-state index contributed by atoms with van der Waals surface area (Å²) in [5.41, 5.74) is 0. The minimum Gasteiger partial charge on any atom is -0.490 e. The Bertz CT molecular complexity index is 564. The molecule has 2 saturated heterocycles. The van der Waals surface area contributed by atoms with Gasteiger partial charge in [0, 0.05) is 25.6 Å². The molecule has 1 aromatic rings. The van der Waals surface area contributed by atoms with Crippen LogP contribution in [0.2, 0.25) is 0 Å². The van der Waals surface area contributed by atoms with Crippen LogP contribution in [0.15, 0.2) is 24.3 Å². The van der Waals surface area contributed by atoms with Crippen molar-refractivity contribution in [2.24, 2.45) is 0 Å². The summed E-state index contributed by atoms with van der Waals surface area (Å²) in [6, 6.07) is 8.39. The molecule has 0 spiro atoms. The second kappa shape index (κ2) is 9.81.